The quantitative estimate of drug-likeness (QED) is 0.864. The molecule has 0 radical (unpaired) electrons. The summed E-state index contributed by atoms with van der Waals surface area (Å²) >= 11 is 4.92. The van der Waals surface area contributed by atoms with Gasteiger partial charge in [-0.05, 0) is 54.5 Å². The van der Waals surface area contributed by atoms with Crippen LogP contribution in [-0.4, -0.2) is 8.42 Å². The van der Waals surface area contributed by atoms with Crippen molar-refractivity contribution in [2.45, 2.75) is 23.8 Å². The van der Waals surface area contributed by atoms with Crippen LogP contribution in [0.15, 0.2) is 51.1 Å². The van der Waals surface area contributed by atoms with Gasteiger partial charge in [-0.15, -0.1) is 11.3 Å². The second-order valence-corrected chi connectivity index (χ2v) is 8.51. The van der Waals surface area contributed by atoms with E-state index in [0.717, 1.165) is 22.2 Å². The van der Waals surface area contributed by atoms with Gasteiger partial charge < -0.3 is 0 Å². The second kappa shape index (κ2) is 5.60. The maximum absolute atomic E-state index is 12.5. The summed E-state index contributed by atoms with van der Waals surface area (Å²) in [4.78, 5) is 1.40. The highest BCUT2D eigenvalue weighted by Gasteiger charge is 2.35. The number of thiophene rings is 1. The lowest BCUT2D eigenvalue weighted by Gasteiger charge is -2.17. The number of hydrogen-bond acceptors (Lipinski definition) is 3. The van der Waals surface area contributed by atoms with Crippen LogP contribution in [0.2, 0.25) is 0 Å². The van der Waals surface area contributed by atoms with Gasteiger partial charge in [0.2, 0.25) is 10.0 Å². The first-order chi connectivity index (χ1) is 9.56. The van der Waals surface area contributed by atoms with Crippen molar-refractivity contribution in [3.05, 3.63) is 51.1 Å². The molecule has 20 heavy (non-hydrogen) atoms. The lowest BCUT2D eigenvalue weighted by molar-refractivity contribution is 0.533. The van der Waals surface area contributed by atoms with Gasteiger partial charge in [-0.25, -0.2) is 13.1 Å². The highest BCUT2D eigenvalue weighted by atomic mass is 79.9. The van der Waals surface area contributed by atoms with Gasteiger partial charge in [0.15, 0.2) is 0 Å². The molecule has 1 atom stereocenters. The van der Waals surface area contributed by atoms with Gasteiger partial charge in [0.05, 0.1) is 10.9 Å². The highest BCUT2D eigenvalue weighted by molar-refractivity contribution is 9.10. The molecule has 106 valence electrons. The predicted molar refractivity (Wildman–Crippen MR) is 84.2 cm³/mol. The Balaban J connectivity index is 1.86. The minimum absolute atomic E-state index is 0.0938. The summed E-state index contributed by atoms with van der Waals surface area (Å²) < 4.78 is 28.6. The molecule has 1 aliphatic rings. The zero-order chi connectivity index (χ0) is 14.2. The Bertz CT molecular complexity index is 676. The Morgan fingerprint density at radius 1 is 1.20 bits per heavy atom. The minimum Gasteiger partial charge on any atom is -0.207 e. The van der Waals surface area contributed by atoms with Gasteiger partial charge >= 0.3 is 0 Å². The molecule has 0 unspecified atom stereocenters. The van der Waals surface area contributed by atoms with Crippen LogP contribution in [-0.2, 0) is 10.0 Å². The summed E-state index contributed by atoms with van der Waals surface area (Å²) in [5.41, 5.74) is 0. The van der Waals surface area contributed by atoms with Crippen molar-refractivity contribution in [2.75, 3.05) is 0 Å². The average Bonchev–Trinajstić information content (AvgIpc) is 3.11. The van der Waals surface area contributed by atoms with Crippen LogP contribution < -0.4 is 4.72 Å². The van der Waals surface area contributed by atoms with Crippen molar-refractivity contribution in [1.29, 1.82) is 0 Å². The fourth-order valence-electron chi connectivity index (χ4n) is 2.13. The van der Waals surface area contributed by atoms with Gasteiger partial charge in [-0.1, -0.05) is 22.0 Å². The van der Waals surface area contributed by atoms with E-state index in [9.17, 15) is 8.42 Å². The third-order valence-corrected chi connectivity index (χ3v) is 6.29. The van der Waals surface area contributed by atoms with E-state index in [0.29, 0.717) is 10.8 Å². The Hall–Kier alpha value is -0.690. The third kappa shape index (κ3) is 3.14. The average molecular weight is 372 g/mol. The zero-order valence-corrected chi connectivity index (χ0v) is 13.8. The molecular weight excluding hydrogens is 358 g/mol. The topological polar surface area (TPSA) is 46.2 Å². The van der Waals surface area contributed by atoms with Crippen LogP contribution in [0.3, 0.4) is 0 Å². The molecule has 1 heterocycles. The number of benzene rings is 1. The van der Waals surface area contributed by atoms with Gasteiger partial charge in [0.25, 0.3) is 0 Å². The molecular formula is C14H14BrNO2S2. The minimum atomic E-state index is -3.47. The number of sulfonamides is 1. The molecule has 1 aromatic carbocycles. The smallest absolute Gasteiger partial charge is 0.207 e. The van der Waals surface area contributed by atoms with E-state index in [2.05, 4.69) is 20.7 Å². The van der Waals surface area contributed by atoms with E-state index in [1.54, 1.807) is 35.6 Å². The molecule has 3 rings (SSSR count). The zero-order valence-electron chi connectivity index (χ0n) is 10.6. The summed E-state index contributed by atoms with van der Waals surface area (Å²) in [5, 5.41) is 1.98. The molecule has 0 aliphatic heterocycles. The SMILES string of the molecule is O=S(=O)(N[C@H](c1cccs1)C1CC1)c1ccc(Br)cc1. The molecule has 1 aliphatic carbocycles. The van der Waals surface area contributed by atoms with E-state index in [4.69, 9.17) is 0 Å². The Kier molecular flexibility index (Phi) is 3.99. The maximum Gasteiger partial charge on any atom is 0.241 e. The Morgan fingerprint density at radius 3 is 2.45 bits per heavy atom. The molecule has 0 amide bonds. The lowest BCUT2D eigenvalue weighted by atomic mass is 10.2. The normalized spacial score (nSPS) is 17.1. The Labute approximate surface area is 131 Å². The number of hydrogen-bond donors (Lipinski definition) is 1. The fraction of sp³-hybridized carbons (Fsp3) is 0.286. The van der Waals surface area contributed by atoms with Gasteiger partial charge in [0.1, 0.15) is 0 Å². The molecule has 0 saturated heterocycles. The molecule has 1 fully saturated rings. The number of rotatable bonds is 5. The van der Waals surface area contributed by atoms with Gasteiger partial charge in [-0.3, -0.25) is 0 Å². The van der Waals surface area contributed by atoms with Crippen molar-refractivity contribution in [1.82, 2.24) is 4.72 Å². The number of nitrogens with one attached hydrogen (secondary N) is 1. The van der Waals surface area contributed by atoms with Crippen LogP contribution >= 0.6 is 27.3 Å². The maximum atomic E-state index is 12.5. The molecule has 6 heteroatoms. The van der Waals surface area contributed by atoms with Crippen molar-refractivity contribution in [3.8, 4) is 0 Å². The van der Waals surface area contributed by atoms with E-state index in [-0.39, 0.29) is 6.04 Å². The first-order valence-corrected chi connectivity index (χ1v) is 9.53. The van der Waals surface area contributed by atoms with Crippen LogP contribution in [0, 0.1) is 5.92 Å². The van der Waals surface area contributed by atoms with Crippen LogP contribution in [0.25, 0.3) is 0 Å². The number of halogens is 1. The highest BCUT2D eigenvalue weighted by Crippen LogP contribution is 2.43. The summed E-state index contributed by atoms with van der Waals surface area (Å²) in [5.74, 6) is 0.430. The summed E-state index contributed by atoms with van der Waals surface area (Å²) in [6, 6.07) is 10.6. The van der Waals surface area contributed by atoms with Crippen LogP contribution in [0.5, 0.6) is 0 Å². The fourth-order valence-corrected chi connectivity index (χ4v) is 4.63. The van der Waals surface area contributed by atoms with E-state index >= 15 is 0 Å². The Morgan fingerprint density at radius 2 is 1.90 bits per heavy atom. The predicted octanol–water partition coefficient (Wildman–Crippen LogP) is 3.94. The first-order valence-electron chi connectivity index (χ1n) is 6.37. The second-order valence-electron chi connectivity index (χ2n) is 4.91. The van der Waals surface area contributed by atoms with Crippen molar-refractivity contribution >= 4 is 37.3 Å². The first kappa shape index (κ1) is 14.3. The molecule has 3 nitrogen and oxygen atoms in total. The summed E-state index contributed by atoms with van der Waals surface area (Å²) in [7, 11) is -3.47. The molecule has 0 bridgehead atoms. The van der Waals surface area contributed by atoms with Crippen molar-refractivity contribution in [3.63, 3.8) is 0 Å². The molecule has 1 aromatic heterocycles. The van der Waals surface area contributed by atoms with Crippen molar-refractivity contribution < 1.29 is 8.42 Å². The summed E-state index contributed by atoms with van der Waals surface area (Å²) in [6.45, 7) is 0. The monoisotopic (exact) mass is 371 g/mol. The molecule has 1 N–H and O–H groups in total. The standard InChI is InChI=1S/C14H14BrNO2S2/c15-11-5-7-12(8-6-11)20(17,18)16-14(10-3-4-10)13-2-1-9-19-13/h1-2,5-10,14,16H,3-4H2/t14-/m0/s1. The lowest BCUT2D eigenvalue weighted by Crippen LogP contribution is -2.29. The van der Waals surface area contributed by atoms with E-state index in [1.807, 2.05) is 17.5 Å². The van der Waals surface area contributed by atoms with Gasteiger partial charge in [0, 0.05) is 9.35 Å². The van der Waals surface area contributed by atoms with Crippen LogP contribution in [0.4, 0.5) is 0 Å². The largest absolute Gasteiger partial charge is 0.241 e. The van der Waals surface area contributed by atoms with E-state index < -0.39 is 10.0 Å². The summed E-state index contributed by atoms with van der Waals surface area (Å²) in [6.07, 6.45) is 2.18. The van der Waals surface area contributed by atoms with E-state index in [1.165, 1.54) is 0 Å². The molecule has 2 aromatic rings. The molecule has 0 spiro atoms. The van der Waals surface area contributed by atoms with Crippen LogP contribution in [0.1, 0.15) is 23.8 Å². The molecule has 1 saturated carbocycles. The van der Waals surface area contributed by atoms with Gasteiger partial charge in [-0.2, -0.15) is 0 Å². The third-order valence-electron chi connectivity index (χ3n) is 3.35. The van der Waals surface area contributed by atoms with Crippen molar-refractivity contribution in [2.24, 2.45) is 5.92 Å².